The molecular weight excluding hydrogens is 502 g/mol. The molecule has 0 saturated heterocycles. The second-order valence-electron chi connectivity index (χ2n) is 9.60. The van der Waals surface area contributed by atoms with Gasteiger partial charge in [-0.2, -0.15) is 0 Å². The highest BCUT2D eigenvalue weighted by molar-refractivity contribution is 6.01. The maximum Gasteiger partial charge on any atom is 0.323 e. The van der Waals surface area contributed by atoms with Crippen LogP contribution in [0.5, 0.6) is 5.75 Å². The number of hydrogen-bond donors (Lipinski definition) is 3. The number of nitrogens with zero attached hydrogens (tertiary/aromatic N) is 3. The fourth-order valence-corrected chi connectivity index (χ4v) is 3.87. The van der Waals surface area contributed by atoms with E-state index in [-0.39, 0.29) is 24.9 Å². The number of carbonyl (C=O) groups is 4. The first-order valence-corrected chi connectivity index (χ1v) is 12.7. The van der Waals surface area contributed by atoms with Crippen LogP contribution in [-0.2, 0) is 16.0 Å². The minimum absolute atomic E-state index is 0.101. The summed E-state index contributed by atoms with van der Waals surface area (Å²) in [6.07, 6.45) is 0.710. The van der Waals surface area contributed by atoms with Crippen molar-refractivity contribution in [3.63, 3.8) is 0 Å². The van der Waals surface area contributed by atoms with Crippen molar-refractivity contribution in [2.75, 3.05) is 58.5 Å². The summed E-state index contributed by atoms with van der Waals surface area (Å²) >= 11 is 0. The Morgan fingerprint density at radius 3 is 2.21 bits per heavy atom. The van der Waals surface area contributed by atoms with E-state index in [1.165, 1.54) is 16.9 Å². The molecule has 1 atom stereocenters. The number of carbonyl (C=O) groups excluding carboxylic acids is 3. The van der Waals surface area contributed by atoms with Crippen molar-refractivity contribution in [3.8, 4) is 5.75 Å². The van der Waals surface area contributed by atoms with Gasteiger partial charge in [0.05, 0.1) is 25.1 Å². The van der Waals surface area contributed by atoms with Gasteiger partial charge in [-0.3, -0.25) is 9.59 Å². The Morgan fingerprint density at radius 1 is 0.923 bits per heavy atom. The van der Waals surface area contributed by atoms with Crippen LogP contribution in [0, 0.1) is 12.8 Å². The number of likely N-dealkylation sites (N-methyl/N-ethyl adjacent to an activating group) is 1. The number of amides is 5. The zero-order valence-electron chi connectivity index (χ0n) is 23.5. The predicted octanol–water partition coefficient (Wildman–Crippen LogP) is 3.74. The van der Waals surface area contributed by atoms with Crippen LogP contribution >= 0.6 is 0 Å². The molecule has 1 unspecified atom stereocenters. The van der Waals surface area contributed by atoms with Crippen molar-refractivity contribution in [1.29, 1.82) is 0 Å². The van der Waals surface area contributed by atoms with E-state index in [9.17, 15) is 19.2 Å². The normalized spacial score (nSPS) is 11.2. The average Bonchev–Trinajstić information content (AvgIpc) is 2.89. The van der Waals surface area contributed by atoms with E-state index in [0.29, 0.717) is 36.6 Å². The fourth-order valence-electron chi connectivity index (χ4n) is 3.87. The first kappa shape index (κ1) is 30.9. The second-order valence-corrected chi connectivity index (χ2v) is 9.60. The van der Waals surface area contributed by atoms with E-state index in [4.69, 9.17) is 9.84 Å². The third-order valence-electron chi connectivity index (χ3n) is 6.30. The molecule has 11 heteroatoms. The van der Waals surface area contributed by atoms with Crippen LogP contribution in [0.2, 0.25) is 0 Å². The van der Waals surface area contributed by atoms with Crippen molar-refractivity contribution in [2.24, 2.45) is 5.92 Å². The van der Waals surface area contributed by atoms with Gasteiger partial charge < -0.3 is 35.2 Å². The molecule has 39 heavy (non-hydrogen) atoms. The zero-order valence-corrected chi connectivity index (χ0v) is 23.5. The number of carboxylic acid groups (broad SMARTS) is 1. The molecule has 0 bridgehead atoms. The Hall–Kier alpha value is -4.28. The van der Waals surface area contributed by atoms with Crippen molar-refractivity contribution in [2.45, 2.75) is 26.7 Å². The topological polar surface area (TPSA) is 132 Å². The molecule has 2 aromatic rings. The lowest BCUT2D eigenvalue weighted by Crippen LogP contribution is -2.42. The number of ether oxygens (including phenoxy) is 1. The molecule has 5 amide bonds. The summed E-state index contributed by atoms with van der Waals surface area (Å²) in [6.45, 7) is 4.44. The maximum absolute atomic E-state index is 12.8. The highest BCUT2D eigenvalue weighted by Crippen LogP contribution is 2.26. The number of carboxylic acids is 1. The Kier molecular flexibility index (Phi) is 11.6. The van der Waals surface area contributed by atoms with E-state index >= 15 is 0 Å². The summed E-state index contributed by atoms with van der Waals surface area (Å²) in [7, 11) is 6.41. The molecule has 0 aromatic heterocycles. The van der Waals surface area contributed by atoms with Crippen LogP contribution in [0.4, 0.5) is 21.0 Å². The Labute approximate surface area is 229 Å². The summed E-state index contributed by atoms with van der Waals surface area (Å²) < 4.78 is 5.43. The summed E-state index contributed by atoms with van der Waals surface area (Å²) in [4.78, 5) is 53.2. The minimum Gasteiger partial charge on any atom is -0.495 e. The molecule has 0 aliphatic rings. The quantitative estimate of drug-likeness (QED) is 0.375. The molecule has 2 rings (SSSR count). The zero-order chi connectivity index (χ0) is 29.1. The van der Waals surface area contributed by atoms with Gasteiger partial charge in [-0.15, -0.1) is 0 Å². The van der Waals surface area contributed by atoms with Crippen molar-refractivity contribution in [1.82, 2.24) is 14.7 Å². The number of methoxy groups -OCH3 is 1. The number of aryl methyl sites for hydroxylation is 1. The van der Waals surface area contributed by atoms with Crippen LogP contribution in [0.25, 0.3) is 0 Å². The number of anilines is 2. The van der Waals surface area contributed by atoms with E-state index in [2.05, 4.69) is 10.6 Å². The molecule has 0 radical (unpaired) electrons. The van der Waals surface area contributed by atoms with Crippen molar-refractivity contribution < 1.29 is 29.0 Å². The molecule has 0 spiro atoms. The van der Waals surface area contributed by atoms with Crippen molar-refractivity contribution in [3.05, 3.63) is 53.6 Å². The van der Waals surface area contributed by atoms with E-state index in [1.54, 1.807) is 51.2 Å². The van der Waals surface area contributed by atoms with Gasteiger partial charge in [-0.1, -0.05) is 31.2 Å². The summed E-state index contributed by atoms with van der Waals surface area (Å²) in [5.74, 6) is -1.28. The molecule has 0 saturated carbocycles. The summed E-state index contributed by atoms with van der Waals surface area (Å²) in [5, 5.41) is 14.6. The monoisotopic (exact) mass is 541 g/mol. The Morgan fingerprint density at radius 2 is 1.56 bits per heavy atom. The van der Waals surface area contributed by atoms with Gasteiger partial charge in [0.15, 0.2) is 0 Å². The number of para-hydroxylation sites is 1. The van der Waals surface area contributed by atoms with Gasteiger partial charge in [0, 0.05) is 46.5 Å². The third kappa shape index (κ3) is 9.51. The molecule has 11 nitrogen and oxygen atoms in total. The molecule has 2 aromatic carbocycles. The number of hydrogen-bond acceptors (Lipinski definition) is 5. The van der Waals surface area contributed by atoms with Gasteiger partial charge in [0.1, 0.15) is 5.75 Å². The average molecular weight is 542 g/mol. The highest BCUT2D eigenvalue weighted by Gasteiger charge is 2.20. The second kappa shape index (κ2) is 14.6. The summed E-state index contributed by atoms with van der Waals surface area (Å²) in [6, 6.07) is 11.9. The van der Waals surface area contributed by atoms with Crippen molar-refractivity contribution >= 4 is 35.3 Å². The van der Waals surface area contributed by atoms with Gasteiger partial charge in [-0.25, -0.2) is 9.59 Å². The molecule has 0 heterocycles. The first-order chi connectivity index (χ1) is 18.4. The largest absolute Gasteiger partial charge is 0.495 e. The number of aliphatic carboxylic acids is 1. The maximum atomic E-state index is 12.8. The molecule has 0 fully saturated rings. The highest BCUT2D eigenvalue weighted by atomic mass is 16.5. The smallest absolute Gasteiger partial charge is 0.323 e. The molecule has 0 aliphatic heterocycles. The van der Waals surface area contributed by atoms with Crippen LogP contribution < -0.4 is 15.4 Å². The van der Waals surface area contributed by atoms with Crippen LogP contribution in [0.15, 0.2) is 42.5 Å². The third-order valence-corrected chi connectivity index (χ3v) is 6.30. The van der Waals surface area contributed by atoms with Crippen LogP contribution in [-0.4, -0.2) is 91.6 Å². The number of rotatable bonds is 12. The van der Waals surface area contributed by atoms with E-state index in [0.717, 1.165) is 11.1 Å². The minimum atomic E-state index is -0.954. The fraction of sp³-hybridized carbons (Fsp3) is 0.429. The lowest BCUT2D eigenvalue weighted by Gasteiger charge is -2.27. The van der Waals surface area contributed by atoms with Gasteiger partial charge in [-0.05, 0) is 42.7 Å². The summed E-state index contributed by atoms with van der Waals surface area (Å²) in [5.41, 5.74) is 2.85. The Bertz CT molecular complexity index is 1170. The van der Waals surface area contributed by atoms with Gasteiger partial charge in [0.2, 0.25) is 5.91 Å². The lowest BCUT2D eigenvalue weighted by atomic mass is 10.1. The molecule has 0 aliphatic carbocycles. The molecule has 212 valence electrons. The predicted molar refractivity (Wildman–Crippen MR) is 150 cm³/mol. The number of nitrogens with one attached hydrogen (secondary N) is 2. The molecule has 3 N–H and O–H groups in total. The first-order valence-electron chi connectivity index (χ1n) is 12.7. The van der Waals surface area contributed by atoms with Crippen LogP contribution in [0.1, 0.15) is 24.5 Å². The number of urea groups is 2. The van der Waals surface area contributed by atoms with E-state index in [1.807, 2.05) is 31.2 Å². The Balaban J connectivity index is 1.86. The standard InChI is InChI=1S/C28H39N5O6/c1-19-10-7-8-11-22(19)29-27(37)30-23-13-12-21(16-24(23)39-6)17-25(34)31(3)14-9-15-32(4)28(38)33(5)18-20(2)26(35)36/h7-8,10-13,16,20H,9,14-15,17-18H2,1-6H3,(H,35,36)(H2,29,30,37). The lowest BCUT2D eigenvalue weighted by molar-refractivity contribution is -0.141. The van der Waals surface area contributed by atoms with Gasteiger partial charge >= 0.3 is 18.0 Å². The molecular formula is C28H39N5O6. The van der Waals surface area contributed by atoms with E-state index < -0.39 is 17.9 Å². The van der Waals surface area contributed by atoms with Crippen LogP contribution in [0.3, 0.4) is 0 Å². The van der Waals surface area contributed by atoms with Gasteiger partial charge in [0.25, 0.3) is 0 Å². The SMILES string of the molecule is COc1cc(CC(=O)N(C)CCCN(C)C(=O)N(C)CC(C)C(=O)O)ccc1NC(=O)Nc1ccccc1C. The number of benzene rings is 2.